The predicted molar refractivity (Wildman–Crippen MR) is 280 cm³/mol. The first kappa shape index (κ1) is 38.4. The zero-order chi connectivity index (χ0) is 43.2. The van der Waals surface area contributed by atoms with Crippen molar-refractivity contribution in [2.75, 3.05) is 4.90 Å². The highest BCUT2D eigenvalue weighted by Crippen LogP contribution is 2.44. The molecule has 0 saturated carbocycles. The summed E-state index contributed by atoms with van der Waals surface area (Å²) in [5.41, 5.74) is 9.22. The molecule has 0 fully saturated rings. The lowest BCUT2D eigenvalue weighted by Gasteiger charge is -2.35. The number of fused-ring (bicyclic) bond motifs is 6. The second-order valence-electron chi connectivity index (χ2n) is 16.8. The van der Waals surface area contributed by atoms with Crippen LogP contribution < -0.4 is 25.6 Å². The van der Waals surface area contributed by atoms with Gasteiger partial charge >= 0.3 is 0 Å². The van der Waals surface area contributed by atoms with Crippen LogP contribution in [0.3, 0.4) is 0 Å². The van der Waals surface area contributed by atoms with Crippen molar-refractivity contribution in [3.05, 3.63) is 267 Å². The summed E-state index contributed by atoms with van der Waals surface area (Å²) in [4.78, 5) is 2.50. The first-order chi connectivity index (χ1) is 32.3. The number of para-hydroxylation sites is 2. The minimum atomic E-state index is -2.85. The van der Waals surface area contributed by atoms with Crippen molar-refractivity contribution < 1.29 is 0 Å². The Hall–Kier alpha value is -8.24. The summed E-state index contributed by atoms with van der Waals surface area (Å²) in [6, 6.07) is 98.6. The summed E-state index contributed by atoms with van der Waals surface area (Å²) in [5.74, 6) is 0. The Morgan fingerprint density at radius 2 is 0.831 bits per heavy atom. The summed E-state index contributed by atoms with van der Waals surface area (Å²) in [5, 5.41) is 12.8. The van der Waals surface area contributed by atoms with Gasteiger partial charge in [0, 0.05) is 27.8 Å². The van der Waals surface area contributed by atoms with Crippen LogP contribution in [-0.4, -0.2) is 12.6 Å². The minimum Gasteiger partial charge on any atom is -0.310 e. The van der Waals surface area contributed by atoms with E-state index >= 15 is 0 Å². The fraction of sp³-hybridized carbons (Fsp3) is 0. The molecule has 0 amide bonds. The van der Waals surface area contributed by atoms with Crippen molar-refractivity contribution in [1.82, 2.24) is 4.57 Å². The summed E-state index contributed by atoms with van der Waals surface area (Å²) in [6.07, 6.45) is 0. The number of nitrogens with zero attached hydrogens (tertiary/aromatic N) is 2. The third-order valence-corrected chi connectivity index (χ3v) is 18.1. The molecule has 0 bridgehead atoms. The Morgan fingerprint density at radius 1 is 0.323 bits per heavy atom. The summed E-state index contributed by atoms with van der Waals surface area (Å²) >= 11 is 0. The summed E-state index contributed by atoms with van der Waals surface area (Å²) < 4.78 is 2.41. The molecular formula is C62H44N2Si. The Kier molecular flexibility index (Phi) is 9.55. The van der Waals surface area contributed by atoms with Gasteiger partial charge in [0.2, 0.25) is 0 Å². The van der Waals surface area contributed by atoms with Crippen LogP contribution in [-0.2, 0) is 0 Å². The lowest BCUT2D eigenvalue weighted by Crippen LogP contribution is -2.74. The fourth-order valence-electron chi connectivity index (χ4n) is 10.5. The van der Waals surface area contributed by atoms with Gasteiger partial charge in [-0.25, -0.2) is 0 Å². The second-order valence-corrected chi connectivity index (χ2v) is 20.6. The van der Waals surface area contributed by atoms with Crippen LogP contribution in [0.25, 0.3) is 60.2 Å². The van der Waals surface area contributed by atoms with Gasteiger partial charge in [-0.3, -0.25) is 0 Å². The molecule has 306 valence electrons. The van der Waals surface area contributed by atoms with Crippen molar-refractivity contribution in [2.45, 2.75) is 0 Å². The van der Waals surface area contributed by atoms with E-state index in [1.165, 1.54) is 69.7 Å². The number of aromatic nitrogens is 1. The highest BCUT2D eigenvalue weighted by atomic mass is 28.3. The zero-order valence-electron chi connectivity index (χ0n) is 35.8. The third kappa shape index (κ3) is 6.39. The van der Waals surface area contributed by atoms with E-state index in [1.807, 2.05) is 0 Å². The number of hydrogen-bond donors (Lipinski definition) is 0. The fourth-order valence-corrected chi connectivity index (χ4v) is 15.3. The zero-order valence-corrected chi connectivity index (χ0v) is 36.8. The van der Waals surface area contributed by atoms with E-state index in [0.29, 0.717) is 0 Å². The molecule has 0 aliphatic carbocycles. The van der Waals surface area contributed by atoms with Crippen molar-refractivity contribution in [3.63, 3.8) is 0 Å². The van der Waals surface area contributed by atoms with E-state index in [2.05, 4.69) is 276 Å². The predicted octanol–water partition coefficient (Wildman–Crippen LogP) is 13.6. The molecule has 11 aromatic carbocycles. The highest BCUT2D eigenvalue weighted by Gasteiger charge is 2.41. The van der Waals surface area contributed by atoms with Crippen LogP contribution in [0.15, 0.2) is 267 Å². The SMILES string of the molecule is c1ccc(-n2c3ccccc3c3c(N(c4ccc(-c5cc6ccccc6c6ccccc56)cc4)c4cccc([Si](c5ccccc5)(c5ccccc5)c5ccccc5)c4)cccc32)cc1. The van der Waals surface area contributed by atoms with Gasteiger partial charge < -0.3 is 9.47 Å². The Balaban J connectivity index is 1.12. The smallest absolute Gasteiger partial charge is 0.179 e. The number of rotatable bonds is 9. The van der Waals surface area contributed by atoms with Gasteiger partial charge in [-0.05, 0) is 114 Å². The van der Waals surface area contributed by atoms with Crippen LogP contribution in [0.1, 0.15) is 0 Å². The van der Waals surface area contributed by atoms with Gasteiger partial charge in [-0.15, -0.1) is 0 Å². The molecule has 12 rings (SSSR count). The van der Waals surface area contributed by atoms with Gasteiger partial charge in [0.25, 0.3) is 0 Å². The van der Waals surface area contributed by atoms with Crippen molar-refractivity contribution >= 4 is 89.2 Å². The molecule has 0 aliphatic rings. The molecule has 65 heavy (non-hydrogen) atoms. The van der Waals surface area contributed by atoms with Crippen molar-refractivity contribution in [1.29, 1.82) is 0 Å². The lowest BCUT2D eigenvalue weighted by molar-refractivity contribution is 1.18. The van der Waals surface area contributed by atoms with Crippen molar-refractivity contribution in [3.8, 4) is 16.8 Å². The summed E-state index contributed by atoms with van der Waals surface area (Å²) in [7, 11) is -2.85. The van der Waals surface area contributed by atoms with Gasteiger partial charge in [-0.1, -0.05) is 206 Å². The lowest BCUT2D eigenvalue weighted by atomic mass is 9.93. The van der Waals surface area contributed by atoms with Crippen LogP contribution in [0.4, 0.5) is 17.1 Å². The topological polar surface area (TPSA) is 8.17 Å². The Bertz CT molecular complexity index is 3540. The summed E-state index contributed by atoms with van der Waals surface area (Å²) in [6.45, 7) is 0. The molecule has 3 heteroatoms. The van der Waals surface area contributed by atoms with Crippen LogP contribution >= 0.6 is 0 Å². The van der Waals surface area contributed by atoms with Crippen LogP contribution in [0.2, 0.25) is 0 Å². The number of anilines is 3. The van der Waals surface area contributed by atoms with E-state index in [1.54, 1.807) is 0 Å². The second kappa shape index (κ2) is 16.1. The maximum atomic E-state index is 2.50. The van der Waals surface area contributed by atoms with Gasteiger partial charge in [-0.2, -0.15) is 0 Å². The van der Waals surface area contributed by atoms with E-state index < -0.39 is 8.07 Å². The maximum absolute atomic E-state index is 2.85. The average molecular weight is 845 g/mol. The van der Waals surface area contributed by atoms with E-state index in [0.717, 1.165) is 28.3 Å². The van der Waals surface area contributed by atoms with E-state index in [-0.39, 0.29) is 0 Å². The van der Waals surface area contributed by atoms with Crippen molar-refractivity contribution in [2.24, 2.45) is 0 Å². The molecule has 2 nitrogen and oxygen atoms in total. The molecule has 1 aromatic heterocycles. The average Bonchev–Trinajstić information content (AvgIpc) is 3.73. The minimum absolute atomic E-state index is 1.09. The van der Waals surface area contributed by atoms with Gasteiger partial charge in [0.15, 0.2) is 8.07 Å². The molecule has 0 atom stereocenters. The van der Waals surface area contributed by atoms with Gasteiger partial charge in [0.1, 0.15) is 0 Å². The molecule has 0 saturated heterocycles. The largest absolute Gasteiger partial charge is 0.310 e. The molecule has 0 aliphatic heterocycles. The Labute approximate surface area is 380 Å². The van der Waals surface area contributed by atoms with E-state index in [4.69, 9.17) is 0 Å². The van der Waals surface area contributed by atoms with Gasteiger partial charge in [0.05, 0.1) is 16.7 Å². The quantitative estimate of drug-likeness (QED) is 0.0798. The molecule has 1 heterocycles. The van der Waals surface area contributed by atoms with E-state index in [9.17, 15) is 0 Å². The van der Waals surface area contributed by atoms with Crippen LogP contribution in [0, 0.1) is 0 Å². The highest BCUT2D eigenvalue weighted by molar-refractivity contribution is 7.19. The monoisotopic (exact) mass is 844 g/mol. The molecular weight excluding hydrogens is 801 g/mol. The molecule has 0 N–H and O–H groups in total. The molecule has 0 spiro atoms. The molecule has 0 radical (unpaired) electrons. The standard InChI is InChI=1S/C62H44N2Si/c1-5-22-47(23-6-1)64-59-36-18-17-35-57(59)62-60(37-20-38-61(62)64)63(48-41-39-45(40-42-48)58-43-46-21-13-14-32-54(46)55-33-15-16-34-56(55)58)49-24-19-31-53(44-49)65(50-25-7-2-8-26-50,51-27-9-3-10-28-51)52-29-11-4-12-30-52/h1-44H. The first-order valence-corrected chi connectivity index (χ1v) is 24.4. The number of benzene rings is 11. The normalized spacial score (nSPS) is 11.7. The maximum Gasteiger partial charge on any atom is 0.179 e. The van der Waals surface area contributed by atoms with Crippen LogP contribution in [0.5, 0.6) is 0 Å². The Morgan fingerprint density at radius 3 is 1.49 bits per heavy atom. The molecule has 12 aromatic rings. The third-order valence-electron chi connectivity index (χ3n) is 13.3. The number of hydrogen-bond acceptors (Lipinski definition) is 1. The first-order valence-electron chi connectivity index (χ1n) is 22.4. The molecule has 0 unspecified atom stereocenters.